The van der Waals surface area contributed by atoms with Crippen LogP contribution in [0.25, 0.3) is 18.2 Å². The molecule has 3 aliphatic rings. The van der Waals surface area contributed by atoms with Crippen LogP contribution in [-0.2, 0) is 49.5 Å². The number of alkyl halides is 1. The number of fused-ring (bicyclic) bond motifs is 3. The van der Waals surface area contributed by atoms with Crippen LogP contribution < -0.4 is 40.7 Å². The Morgan fingerprint density at radius 3 is 1.28 bits per heavy atom. The maximum absolute atomic E-state index is 14.1. The van der Waals surface area contributed by atoms with E-state index in [1.165, 1.54) is 101 Å². The van der Waals surface area contributed by atoms with Gasteiger partial charge in [0, 0.05) is 16.7 Å². The number of methoxy groups -OCH3 is 3. The quantitative estimate of drug-likeness (QED) is 0.0142. The number of rotatable bonds is 11. The van der Waals surface area contributed by atoms with E-state index in [0.717, 1.165) is 12.4 Å². The molecule has 37 heteroatoms. The standard InChI is InChI=1S/C13H10BrFO4.C13H11FO4.C11H8BrFO3.C7H4BrFO2.C5H10O.C4H6O.2BrH.Cu.I5.I4.I3/c1-18-13(17)8-4-7-2-3-9(10(16)5-14)11(15)12(7)19-6-8;1-7(15)10-4-3-8-5-9(13(16)17-2)6-18-12(8)11(10)14;1-15-11(14)7-4-6-2-3-8(12)9(13)10(6)16-5-7;8-5-2-1-4(3-10)7(11)6(5)9;1-4-6-5(2)3;1-3-4(2)5;;;;1-4-5(2)3;1-4(2)3;1-3-2/h2-4H,5-6H2,1H3;3-5H,6H2,1-2H3;2-4H,5H2,1H3;1-3,11H;2,4H2,1,3H3;3H,1H2,2H3;2*1H;;;;/q;;;;;;;;+2;-1;;-1/p-2. The number of aromatic hydroxyl groups is 1. The van der Waals surface area contributed by atoms with Crippen molar-refractivity contribution in [1.29, 1.82) is 0 Å². The Kier molecular flexibility index (Phi) is 62.3. The van der Waals surface area contributed by atoms with Crippen molar-refractivity contribution in [3.8, 4) is 23.0 Å². The van der Waals surface area contributed by atoms with Gasteiger partial charge >= 0.3 is 249 Å². The first-order valence-electron chi connectivity index (χ1n) is 23.0. The average Bonchev–Trinajstić information content (AvgIpc) is 0.856. The van der Waals surface area contributed by atoms with Crippen molar-refractivity contribution in [1.82, 2.24) is 0 Å². The molecule has 3 heterocycles. The number of aldehydes is 1. The van der Waals surface area contributed by atoms with Crippen molar-refractivity contribution in [3.05, 3.63) is 156 Å². The van der Waals surface area contributed by atoms with Crippen LogP contribution >= 0.6 is 241 Å². The molecule has 0 fully saturated rings. The second-order valence-corrected chi connectivity index (χ2v) is 152. The van der Waals surface area contributed by atoms with Gasteiger partial charge in [0.25, 0.3) is 0 Å². The fourth-order valence-electron chi connectivity index (χ4n) is 5.81. The average molecular weight is 2990 g/mol. The third-order valence-electron chi connectivity index (χ3n) is 9.53. The first-order chi connectivity index (χ1) is 42.3. The van der Waals surface area contributed by atoms with E-state index < -0.39 is 46.9 Å². The number of benzene rings is 4. The molecule has 1 N–H and O–H groups in total. The Balaban J connectivity index is -0.000001000. The zero-order valence-corrected chi connectivity index (χ0v) is 81.6. The predicted molar refractivity (Wildman–Crippen MR) is 438 cm³/mol. The second kappa shape index (κ2) is 57.7. The first-order valence-corrected chi connectivity index (χ1v) is 86.9. The molecule has 4 aromatic rings. The van der Waals surface area contributed by atoms with E-state index in [-0.39, 0.29) is 96.7 Å². The van der Waals surface area contributed by atoms with E-state index in [1.807, 2.05) is 13.8 Å². The summed E-state index contributed by atoms with van der Waals surface area (Å²) in [5.74, 6) is -4.59. The van der Waals surface area contributed by atoms with Gasteiger partial charge in [-0.25, -0.2) is 31.9 Å². The van der Waals surface area contributed by atoms with Gasteiger partial charge in [-0.1, -0.05) is 41.2 Å². The van der Waals surface area contributed by atoms with Gasteiger partial charge in [0.2, 0.25) is 0 Å². The molecule has 0 saturated carbocycles. The van der Waals surface area contributed by atoms with Gasteiger partial charge in [-0.2, -0.15) is 0 Å². The normalized spacial score (nSPS) is 11.5. The van der Waals surface area contributed by atoms with Crippen LogP contribution in [0.3, 0.4) is 0 Å². The van der Waals surface area contributed by atoms with Crippen molar-refractivity contribution < 1.29 is 127 Å². The topological polar surface area (TPSA) is 204 Å². The van der Waals surface area contributed by atoms with E-state index >= 15 is 0 Å². The van der Waals surface area contributed by atoms with E-state index in [9.17, 15) is 51.1 Å². The summed E-state index contributed by atoms with van der Waals surface area (Å²) < 4.78 is 88.9. The Labute approximate surface area is 673 Å². The number of hydrogen-bond acceptors (Lipinski definition) is 15. The number of phenolic OH excluding ortho intramolecular Hbond substituents is 1. The van der Waals surface area contributed by atoms with E-state index in [1.54, 1.807) is 18.2 Å². The molecule has 0 aliphatic carbocycles. The summed E-state index contributed by atoms with van der Waals surface area (Å²) in [6.45, 7) is 13.9. The summed E-state index contributed by atoms with van der Waals surface area (Å²) >= 11 is 37.4. The zero-order valence-electron chi connectivity index (χ0n) is 46.9. The van der Waals surface area contributed by atoms with Crippen LogP contribution in [0.1, 0.15) is 75.5 Å². The van der Waals surface area contributed by atoms with Crippen molar-refractivity contribution in [3.63, 3.8) is 0 Å². The summed E-state index contributed by atoms with van der Waals surface area (Å²) in [5.41, 5.74) is 2.23. The number of Topliss-reactive ketones (excluding diaryl/α,β-unsaturated/α-hetero) is 2. The van der Waals surface area contributed by atoms with Crippen LogP contribution in [-0.4, -0.2) is 99.7 Å². The number of ketones is 3. The van der Waals surface area contributed by atoms with Crippen LogP contribution in [0.5, 0.6) is 23.0 Å². The van der Waals surface area contributed by atoms with E-state index in [2.05, 4.69) is 252 Å². The van der Waals surface area contributed by atoms with Crippen molar-refractivity contribution in [2.75, 3.05) is 53.1 Å². The molecule has 0 spiro atoms. The molecule has 0 aromatic heterocycles. The first kappa shape index (κ1) is 97.2. The molecule has 0 atom stereocenters. The molecule has 15 nitrogen and oxygen atoms in total. The van der Waals surface area contributed by atoms with Gasteiger partial charge < -0.3 is 38.3 Å². The molecule has 0 amide bonds. The van der Waals surface area contributed by atoms with Crippen LogP contribution in [0, 0.1) is 23.3 Å². The molecule has 0 bridgehead atoms. The van der Waals surface area contributed by atoms with Crippen LogP contribution in [0.15, 0.2) is 99.2 Å². The second-order valence-electron chi connectivity index (χ2n) is 15.3. The molecule has 0 radical (unpaired) electrons. The summed E-state index contributed by atoms with van der Waals surface area (Å²) in [7, 11) is 3.22. The molecule has 0 saturated heterocycles. The number of hydrogen-bond donors (Lipinski definition) is 1. The number of carbonyl (C=O) groups excluding carboxylic acids is 7. The summed E-state index contributed by atoms with van der Waals surface area (Å²) in [6.07, 6.45) is 6.23. The number of esters is 3. The molecular weight excluding hydrogens is 2940 g/mol. The third-order valence-corrected chi connectivity index (χ3v) is 93.9. The Morgan fingerprint density at radius 1 is 0.667 bits per heavy atom. The van der Waals surface area contributed by atoms with Gasteiger partial charge in [-0.15, -0.1) is 0 Å². The number of ether oxygens (including phenoxy) is 7. The van der Waals surface area contributed by atoms with E-state index in [0.29, 0.717) is 70.7 Å². The van der Waals surface area contributed by atoms with E-state index in [4.69, 9.17) is 24.1 Å². The SMILES string of the molecule is C=C(C)OCC.C=CC(C)=O.COC(=O)C1=Cc2ccc(Br)c(F)c2OC1.COC(=O)C1=Cc2ccc(C(=O)CBr)c(F)c2OC1.COC(=O)C1=Cc2ccc(C(C)=O)c(F)c2OC1.II(I)I.I[I-]I.I[I-]I(I)I.O=Cc1ccc(Br)c(F)c1O.[Br][Cu][Br]. The minimum absolute atomic E-state index is 0.00430. The predicted octanol–water partition coefficient (Wildman–Crippen LogP) is 15.8. The van der Waals surface area contributed by atoms with Gasteiger partial charge in [-0.05, 0) is 120 Å². The zero-order chi connectivity index (χ0) is 70.0. The molecule has 3 aliphatic heterocycles. The maximum atomic E-state index is 14.1. The van der Waals surface area contributed by atoms with Gasteiger partial charge in [-0.3, -0.25) is 19.2 Å². The summed E-state index contributed by atoms with van der Waals surface area (Å²) in [6, 6.07) is 11.7. The monoisotopic (exact) mass is 2980 g/mol. The van der Waals surface area contributed by atoms with Gasteiger partial charge in [0.1, 0.15) is 19.8 Å². The fraction of sp³-hybridized carbons (Fsp3) is 0.226. The minimum atomic E-state index is -0.811. The number of allylic oxidation sites excluding steroid dienone is 2. The number of halogens is 21. The fourth-order valence-corrected chi connectivity index (χ4v) is 6.74. The van der Waals surface area contributed by atoms with Gasteiger partial charge in [0.05, 0.1) is 81.4 Å². The Bertz CT molecular complexity index is 3150. The molecule has 4 aromatic carbocycles. The van der Waals surface area contributed by atoms with Crippen LogP contribution in [0.4, 0.5) is 17.6 Å². The molecule has 0 unspecified atom stereocenters. The summed E-state index contributed by atoms with van der Waals surface area (Å²) in [5, 5.41) is 8.98. The van der Waals surface area contributed by atoms with Crippen molar-refractivity contribution in [2.24, 2.45) is 0 Å². The summed E-state index contributed by atoms with van der Waals surface area (Å²) in [4.78, 5) is 76.5. The molecule has 90 heavy (non-hydrogen) atoms. The Hall–Kier alpha value is 3.07. The van der Waals surface area contributed by atoms with Crippen LogP contribution in [0.2, 0.25) is 0 Å². The molecule has 7 rings (SSSR count). The van der Waals surface area contributed by atoms with Crippen molar-refractivity contribution in [2.45, 2.75) is 27.7 Å². The molecular formula is C53H49Br5CuF4I12O15-2. The third kappa shape index (κ3) is 40.5. The van der Waals surface area contributed by atoms with Gasteiger partial charge in [0.15, 0.2) is 69.9 Å². The molecule has 511 valence electrons. The van der Waals surface area contributed by atoms with Crippen molar-refractivity contribution >= 4 is 300 Å². The number of phenols is 1. The Morgan fingerprint density at radius 2 is 0.989 bits per heavy atom. The number of carbonyl (C=O) groups is 7.